The molecule has 1 fully saturated rings. The molecule has 102 valence electrons. The molecule has 1 saturated heterocycles. The minimum Gasteiger partial charge on any atom is -0.441 e. The molecule has 5 nitrogen and oxygen atoms in total. The Balaban J connectivity index is 1.80. The Kier molecular flexibility index (Phi) is 2.60. The van der Waals surface area contributed by atoms with Gasteiger partial charge < -0.3 is 9.73 Å². The highest BCUT2D eigenvalue weighted by Gasteiger charge is 2.21. The summed E-state index contributed by atoms with van der Waals surface area (Å²) in [6.07, 6.45) is 4.25. The monoisotopic (exact) mass is 268 g/mol. The number of fused-ring (bicyclic) bond motifs is 1. The van der Waals surface area contributed by atoms with Crippen molar-refractivity contribution in [1.29, 1.82) is 0 Å². The van der Waals surface area contributed by atoms with Crippen LogP contribution in [0.25, 0.3) is 22.2 Å². The first kappa shape index (κ1) is 11.7. The largest absolute Gasteiger partial charge is 0.441 e. The number of aryl methyl sites for hydroxylation is 1. The van der Waals surface area contributed by atoms with Crippen LogP contribution < -0.4 is 5.32 Å². The Hall–Kier alpha value is -2.14. The second-order valence-electron chi connectivity index (χ2n) is 5.26. The molecule has 4 rings (SSSR count). The highest BCUT2D eigenvalue weighted by atomic mass is 16.3. The van der Waals surface area contributed by atoms with Crippen molar-refractivity contribution in [3.63, 3.8) is 0 Å². The van der Waals surface area contributed by atoms with Gasteiger partial charge in [-0.2, -0.15) is 5.10 Å². The number of benzene rings is 1. The second-order valence-corrected chi connectivity index (χ2v) is 5.26. The molecule has 0 bridgehead atoms. The van der Waals surface area contributed by atoms with E-state index in [0.29, 0.717) is 11.9 Å². The van der Waals surface area contributed by atoms with E-state index in [4.69, 9.17) is 4.42 Å². The van der Waals surface area contributed by atoms with Crippen molar-refractivity contribution in [2.24, 2.45) is 0 Å². The highest BCUT2D eigenvalue weighted by molar-refractivity contribution is 5.80. The van der Waals surface area contributed by atoms with Crippen LogP contribution >= 0.6 is 0 Å². The standard InChI is InChI=1S/C15H16N4O/c1-9-18-12-5-4-10(7-14(12)20-9)11-8-17-19-15(11)13-3-2-6-16-13/h4-5,7-8,13,16H,2-3,6H2,1H3,(H,17,19). The lowest BCUT2D eigenvalue weighted by Crippen LogP contribution is -2.14. The van der Waals surface area contributed by atoms with E-state index in [1.807, 2.05) is 25.3 Å². The van der Waals surface area contributed by atoms with E-state index in [9.17, 15) is 0 Å². The van der Waals surface area contributed by atoms with Gasteiger partial charge in [0, 0.05) is 18.5 Å². The first-order valence-corrected chi connectivity index (χ1v) is 6.95. The van der Waals surface area contributed by atoms with E-state index in [-0.39, 0.29) is 0 Å². The summed E-state index contributed by atoms with van der Waals surface area (Å²) in [6, 6.07) is 6.49. The minimum atomic E-state index is 0.375. The number of rotatable bonds is 2. The number of aromatic nitrogens is 3. The van der Waals surface area contributed by atoms with Crippen LogP contribution in [0.3, 0.4) is 0 Å². The summed E-state index contributed by atoms with van der Waals surface area (Å²) in [5, 5.41) is 10.9. The molecule has 1 unspecified atom stereocenters. The molecule has 2 N–H and O–H groups in total. The normalized spacial score (nSPS) is 18.9. The molecule has 0 amide bonds. The van der Waals surface area contributed by atoms with Crippen LogP contribution in [0.15, 0.2) is 28.8 Å². The molecular formula is C15H16N4O. The Bertz CT molecular complexity index is 752. The summed E-state index contributed by atoms with van der Waals surface area (Å²) in [5.74, 6) is 0.696. The Morgan fingerprint density at radius 1 is 1.35 bits per heavy atom. The third-order valence-corrected chi connectivity index (χ3v) is 3.88. The third kappa shape index (κ3) is 1.82. The molecule has 0 saturated carbocycles. The number of nitrogens with one attached hydrogen (secondary N) is 2. The predicted octanol–water partition coefficient (Wildman–Crippen LogP) is 2.95. The van der Waals surface area contributed by atoms with Crippen LogP contribution in [0.1, 0.15) is 30.5 Å². The maximum Gasteiger partial charge on any atom is 0.192 e. The van der Waals surface area contributed by atoms with Crippen LogP contribution in [-0.2, 0) is 0 Å². The van der Waals surface area contributed by atoms with E-state index in [1.54, 1.807) is 0 Å². The van der Waals surface area contributed by atoms with Gasteiger partial charge in [-0.15, -0.1) is 0 Å². The maximum atomic E-state index is 5.61. The molecule has 2 aromatic heterocycles. The van der Waals surface area contributed by atoms with Crippen molar-refractivity contribution in [2.75, 3.05) is 6.54 Å². The number of hydrogen-bond acceptors (Lipinski definition) is 4. The molecule has 5 heteroatoms. The van der Waals surface area contributed by atoms with Crippen LogP contribution in [-0.4, -0.2) is 21.7 Å². The number of nitrogens with zero attached hydrogens (tertiary/aromatic N) is 2. The molecule has 1 aliphatic rings. The zero-order valence-corrected chi connectivity index (χ0v) is 11.3. The fraction of sp³-hybridized carbons (Fsp3) is 0.333. The minimum absolute atomic E-state index is 0.375. The van der Waals surface area contributed by atoms with Crippen LogP contribution in [0.5, 0.6) is 0 Å². The van der Waals surface area contributed by atoms with Crippen LogP contribution in [0.4, 0.5) is 0 Å². The van der Waals surface area contributed by atoms with E-state index in [1.165, 1.54) is 6.42 Å². The smallest absolute Gasteiger partial charge is 0.192 e. The van der Waals surface area contributed by atoms with Gasteiger partial charge in [-0.3, -0.25) is 5.10 Å². The molecule has 20 heavy (non-hydrogen) atoms. The number of H-pyrrole nitrogens is 1. The van der Waals surface area contributed by atoms with Gasteiger partial charge in [0.1, 0.15) is 5.52 Å². The summed E-state index contributed by atoms with van der Waals surface area (Å²) in [5.41, 5.74) is 5.14. The molecule has 3 aromatic rings. The van der Waals surface area contributed by atoms with E-state index in [0.717, 1.165) is 40.9 Å². The van der Waals surface area contributed by atoms with Crippen LogP contribution in [0.2, 0.25) is 0 Å². The molecule has 0 spiro atoms. The quantitative estimate of drug-likeness (QED) is 0.750. The van der Waals surface area contributed by atoms with Gasteiger partial charge >= 0.3 is 0 Å². The van der Waals surface area contributed by atoms with Gasteiger partial charge in [0.15, 0.2) is 11.5 Å². The summed E-state index contributed by atoms with van der Waals surface area (Å²) in [4.78, 5) is 4.33. The van der Waals surface area contributed by atoms with Gasteiger partial charge in [-0.25, -0.2) is 4.98 Å². The SMILES string of the molecule is Cc1nc2ccc(-c3cn[nH]c3C3CCCN3)cc2o1. The zero-order valence-electron chi connectivity index (χ0n) is 11.3. The number of aromatic amines is 1. The topological polar surface area (TPSA) is 66.7 Å². The average Bonchev–Trinajstić information content (AvgIpc) is 3.16. The fourth-order valence-electron chi connectivity index (χ4n) is 2.93. The van der Waals surface area contributed by atoms with Crippen molar-refractivity contribution < 1.29 is 4.42 Å². The zero-order chi connectivity index (χ0) is 13.5. The van der Waals surface area contributed by atoms with E-state index in [2.05, 4.69) is 26.6 Å². The predicted molar refractivity (Wildman–Crippen MR) is 76.3 cm³/mol. The first-order chi connectivity index (χ1) is 9.81. The van der Waals surface area contributed by atoms with Crippen molar-refractivity contribution in [3.8, 4) is 11.1 Å². The van der Waals surface area contributed by atoms with Gasteiger partial charge in [0.2, 0.25) is 0 Å². The van der Waals surface area contributed by atoms with Gasteiger partial charge in [-0.05, 0) is 37.1 Å². The average molecular weight is 268 g/mol. The van der Waals surface area contributed by atoms with Gasteiger partial charge in [0.25, 0.3) is 0 Å². The Morgan fingerprint density at radius 2 is 2.30 bits per heavy atom. The van der Waals surface area contributed by atoms with Gasteiger partial charge in [-0.1, -0.05) is 6.07 Å². The van der Waals surface area contributed by atoms with Gasteiger partial charge in [0.05, 0.1) is 11.9 Å². The number of hydrogen-bond donors (Lipinski definition) is 2. The molecule has 1 aliphatic heterocycles. The fourth-order valence-corrected chi connectivity index (χ4v) is 2.93. The van der Waals surface area contributed by atoms with E-state index < -0.39 is 0 Å². The highest BCUT2D eigenvalue weighted by Crippen LogP contribution is 2.32. The van der Waals surface area contributed by atoms with Crippen molar-refractivity contribution in [1.82, 2.24) is 20.5 Å². The summed E-state index contributed by atoms with van der Waals surface area (Å²) >= 11 is 0. The molecule has 3 heterocycles. The molecule has 1 atom stereocenters. The molecular weight excluding hydrogens is 252 g/mol. The van der Waals surface area contributed by atoms with Crippen molar-refractivity contribution in [2.45, 2.75) is 25.8 Å². The summed E-state index contributed by atoms with van der Waals surface area (Å²) in [6.45, 7) is 2.94. The second kappa shape index (κ2) is 4.45. The lowest BCUT2D eigenvalue weighted by molar-refractivity contribution is 0.561. The summed E-state index contributed by atoms with van der Waals surface area (Å²) in [7, 11) is 0. The molecule has 0 radical (unpaired) electrons. The number of oxazole rings is 1. The molecule has 0 aliphatic carbocycles. The maximum absolute atomic E-state index is 5.61. The third-order valence-electron chi connectivity index (χ3n) is 3.88. The van der Waals surface area contributed by atoms with E-state index >= 15 is 0 Å². The summed E-state index contributed by atoms with van der Waals surface area (Å²) < 4.78 is 5.61. The van der Waals surface area contributed by atoms with Crippen molar-refractivity contribution in [3.05, 3.63) is 36.0 Å². The molecule has 1 aromatic carbocycles. The van der Waals surface area contributed by atoms with Crippen LogP contribution in [0, 0.1) is 6.92 Å². The lowest BCUT2D eigenvalue weighted by Gasteiger charge is -2.10. The Morgan fingerprint density at radius 3 is 3.15 bits per heavy atom. The lowest BCUT2D eigenvalue weighted by atomic mass is 10.0. The first-order valence-electron chi connectivity index (χ1n) is 6.95. The Labute approximate surface area is 116 Å². The van der Waals surface area contributed by atoms with Crippen molar-refractivity contribution >= 4 is 11.1 Å².